The van der Waals surface area contributed by atoms with E-state index in [4.69, 9.17) is 4.74 Å². The summed E-state index contributed by atoms with van der Waals surface area (Å²) in [6, 6.07) is 0. The van der Waals surface area contributed by atoms with Gasteiger partial charge >= 0.3 is 0 Å². The summed E-state index contributed by atoms with van der Waals surface area (Å²) in [6.45, 7) is 8.84. The highest BCUT2D eigenvalue weighted by Gasteiger charge is 2.85. The third kappa shape index (κ3) is 1.74. The van der Waals surface area contributed by atoms with Crippen LogP contribution in [0.15, 0.2) is 0 Å². The molecule has 0 aromatic heterocycles. The topological polar surface area (TPSA) is 49.8 Å². The van der Waals surface area contributed by atoms with Crippen LogP contribution in [0.3, 0.4) is 0 Å². The number of rotatable bonds is 1. The molecule has 4 saturated carbocycles. The average Bonchev–Trinajstić information content (AvgIpc) is 3.13. The molecule has 4 aliphatic carbocycles. The fourth-order valence-electron chi connectivity index (χ4n) is 8.85. The maximum Gasteiger partial charge on any atom is 0.165 e. The molecule has 3 nitrogen and oxygen atoms in total. The van der Waals surface area contributed by atoms with Gasteiger partial charge in [0, 0.05) is 5.41 Å². The smallest absolute Gasteiger partial charge is 0.165 e. The van der Waals surface area contributed by atoms with Crippen LogP contribution in [0.4, 0.5) is 0 Å². The highest BCUT2D eigenvalue weighted by Crippen LogP contribution is 2.77. The van der Waals surface area contributed by atoms with Crippen molar-refractivity contribution in [2.75, 3.05) is 0 Å². The Morgan fingerprint density at radius 2 is 1.80 bits per heavy atom. The van der Waals surface area contributed by atoms with Gasteiger partial charge in [0.15, 0.2) is 11.4 Å². The third-order valence-corrected chi connectivity index (χ3v) is 10.0. The second kappa shape index (κ2) is 4.70. The number of hydrogen-bond acceptors (Lipinski definition) is 3. The van der Waals surface area contributed by atoms with E-state index in [0.717, 1.165) is 37.5 Å². The largest absolute Gasteiger partial charge is 0.393 e. The highest BCUT2D eigenvalue weighted by atomic mass is 16.6. The third-order valence-electron chi connectivity index (χ3n) is 10.0. The molecule has 1 aliphatic heterocycles. The molecule has 0 unspecified atom stereocenters. The molecular weight excluding hydrogens is 312 g/mol. The quantitative estimate of drug-likeness (QED) is 0.727. The molecule has 3 heteroatoms. The summed E-state index contributed by atoms with van der Waals surface area (Å²) < 4.78 is 6.20. The van der Waals surface area contributed by atoms with Gasteiger partial charge in [-0.25, -0.2) is 0 Å². The van der Waals surface area contributed by atoms with E-state index in [-0.39, 0.29) is 22.9 Å². The average molecular weight is 347 g/mol. The van der Waals surface area contributed by atoms with Crippen LogP contribution in [0.5, 0.6) is 0 Å². The van der Waals surface area contributed by atoms with Gasteiger partial charge in [0.05, 0.1) is 6.10 Å². The number of aliphatic hydroxyl groups excluding tert-OH is 1. The van der Waals surface area contributed by atoms with Crippen molar-refractivity contribution >= 4 is 5.78 Å². The molecule has 1 saturated heterocycles. The van der Waals surface area contributed by atoms with Crippen LogP contribution in [0.2, 0.25) is 0 Å². The second-order valence-electron chi connectivity index (χ2n) is 10.8. The van der Waals surface area contributed by atoms with E-state index in [2.05, 4.69) is 20.8 Å². The molecular formula is C22H34O3. The SMILES string of the molecule is CC(=O)[C@]12O[C@]1(C)C[C@H]1[C@@H]3CC[C@H]4C[C@@H](O)CC[C@]4(C)[C@H]3CC[C@@]12C. The van der Waals surface area contributed by atoms with Crippen molar-refractivity contribution in [2.24, 2.45) is 34.5 Å². The lowest BCUT2D eigenvalue weighted by atomic mass is 9.44. The van der Waals surface area contributed by atoms with Gasteiger partial charge in [-0.15, -0.1) is 0 Å². The van der Waals surface area contributed by atoms with Crippen LogP contribution in [0, 0.1) is 34.5 Å². The Morgan fingerprint density at radius 1 is 1.04 bits per heavy atom. The first-order valence-corrected chi connectivity index (χ1v) is 10.6. The van der Waals surface area contributed by atoms with Gasteiger partial charge in [0.1, 0.15) is 5.60 Å². The first-order chi connectivity index (χ1) is 11.7. The summed E-state index contributed by atoms with van der Waals surface area (Å²) in [5.41, 5.74) is -0.253. The van der Waals surface area contributed by atoms with Crippen LogP contribution in [-0.2, 0) is 9.53 Å². The minimum atomic E-state index is -0.490. The normalized spacial score (nSPS) is 62.4. The van der Waals surface area contributed by atoms with E-state index in [1.54, 1.807) is 6.92 Å². The van der Waals surface area contributed by atoms with E-state index in [0.29, 0.717) is 17.3 Å². The predicted molar refractivity (Wildman–Crippen MR) is 96.0 cm³/mol. The highest BCUT2D eigenvalue weighted by molar-refractivity contribution is 5.91. The van der Waals surface area contributed by atoms with Crippen molar-refractivity contribution in [3.8, 4) is 0 Å². The number of carbonyl (C=O) groups excluding carboxylic acids is 1. The number of aliphatic hydroxyl groups is 1. The Hall–Kier alpha value is -0.410. The molecule has 5 aliphatic rings. The molecule has 1 N–H and O–H groups in total. The van der Waals surface area contributed by atoms with E-state index in [1.807, 2.05) is 0 Å². The van der Waals surface area contributed by atoms with Crippen LogP contribution in [0.25, 0.3) is 0 Å². The van der Waals surface area contributed by atoms with Gasteiger partial charge in [-0.3, -0.25) is 4.79 Å². The van der Waals surface area contributed by atoms with Crippen molar-refractivity contribution in [3.05, 3.63) is 0 Å². The van der Waals surface area contributed by atoms with Gasteiger partial charge in [0.2, 0.25) is 0 Å². The molecule has 0 radical (unpaired) electrons. The van der Waals surface area contributed by atoms with Crippen LogP contribution in [0.1, 0.15) is 79.1 Å². The number of hydrogen-bond donors (Lipinski definition) is 1. The Morgan fingerprint density at radius 3 is 2.52 bits per heavy atom. The van der Waals surface area contributed by atoms with Crippen molar-refractivity contribution in [2.45, 2.75) is 96.4 Å². The summed E-state index contributed by atoms with van der Waals surface area (Å²) in [4.78, 5) is 12.6. The standard InChI is InChI=1S/C22H34O3/c1-13(23)22-20(3)10-8-17-16(18(20)12-21(22,4)25-22)6-5-14-11-15(24)7-9-19(14,17)2/h14-18,24H,5-12H2,1-4H3/t14-,15-,16+,17-,18-,19-,20-,21+,22+/m0/s1. The van der Waals surface area contributed by atoms with Crippen molar-refractivity contribution in [1.82, 2.24) is 0 Å². The zero-order chi connectivity index (χ0) is 17.8. The molecule has 25 heavy (non-hydrogen) atoms. The number of carbonyl (C=O) groups is 1. The molecule has 140 valence electrons. The maximum atomic E-state index is 12.6. The Labute approximate surface area is 151 Å². The van der Waals surface area contributed by atoms with Gasteiger partial charge in [-0.1, -0.05) is 13.8 Å². The second-order valence-corrected chi connectivity index (χ2v) is 10.8. The maximum absolute atomic E-state index is 12.6. The van der Waals surface area contributed by atoms with Gasteiger partial charge in [-0.05, 0) is 94.3 Å². The number of ketones is 1. The summed E-state index contributed by atoms with van der Waals surface area (Å²) in [5, 5.41) is 10.2. The van der Waals surface area contributed by atoms with Crippen LogP contribution >= 0.6 is 0 Å². The number of fused-ring (bicyclic) bond motifs is 7. The van der Waals surface area contributed by atoms with E-state index < -0.39 is 5.60 Å². The number of Topliss-reactive ketones (excluding diaryl/α,β-unsaturated/α-hetero) is 1. The molecule has 0 aromatic carbocycles. The summed E-state index contributed by atoms with van der Waals surface area (Å²) in [7, 11) is 0. The monoisotopic (exact) mass is 346 g/mol. The van der Waals surface area contributed by atoms with E-state index in [1.165, 1.54) is 25.7 Å². The van der Waals surface area contributed by atoms with E-state index >= 15 is 0 Å². The fourth-order valence-corrected chi connectivity index (χ4v) is 8.85. The summed E-state index contributed by atoms with van der Waals surface area (Å²) in [6.07, 6.45) is 9.14. The van der Waals surface area contributed by atoms with Gasteiger partial charge < -0.3 is 9.84 Å². The number of epoxide rings is 1. The van der Waals surface area contributed by atoms with Crippen molar-refractivity contribution < 1.29 is 14.6 Å². The Bertz CT molecular complexity index is 631. The minimum absolute atomic E-state index is 0.0339. The molecule has 9 atom stereocenters. The van der Waals surface area contributed by atoms with Crippen LogP contribution in [-0.4, -0.2) is 28.2 Å². The van der Waals surface area contributed by atoms with Crippen molar-refractivity contribution in [3.63, 3.8) is 0 Å². The zero-order valence-electron chi connectivity index (χ0n) is 16.3. The Balaban J connectivity index is 1.49. The lowest BCUT2D eigenvalue weighted by Gasteiger charge is -2.61. The van der Waals surface area contributed by atoms with Crippen molar-refractivity contribution in [1.29, 1.82) is 0 Å². The molecule has 0 amide bonds. The minimum Gasteiger partial charge on any atom is -0.393 e. The first kappa shape index (κ1) is 16.7. The zero-order valence-corrected chi connectivity index (χ0v) is 16.3. The Kier molecular flexibility index (Phi) is 3.15. The molecule has 1 heterocycles. The number of ether oxygens (including phenoxy) is 1. The summed E-state index contributed by atoms with van der Waals surface area (Å²) >= 11 is 0. The summed E-state index contributed by atoms with van der Waals surface area (Å²) in [5.74, 6) is 3.13. The molecule has 0 aromatic rings. The molecule has 0 bridgehead atoms. The van der Waals surface area contributed by atoms with Crippen LogP contribution < -0.4 is 0 Å². The van der Waals surface area contributed by atoms with Gasteiger partial charge in [-0.2, -0.15) is 0 Å². The lowest BCUT2D eigenvalue weighted by Crippen LogP contribution is -2.56. The predicted octanol–water partition coefficient (Wildman–Crippen LogP) is 4.12. The molecule has 0 spiro atoms. The first-order valence-electron chi connectivity index (χ1n) is 10.6. The van der Waals surface area contributed by atoms with E-state index in [9.17, 15) is 9.90 Å². The lowest BCUT2D eigenvalue weighted by molar-refractivity contribution is -0.152. The fraction of sp³-hybridized carbons (Fsp3) is 0.955. The molecule has 5 fully saturated rings. The van der Waals surface area contributed by atoms with Gasteiger partial charge in [0.25, 0.3) is 0 Å². The molecule has 5 rings (SSSR count).